The van der Waals surface area contributed by atoms with Crippen LogP contribution in [0.15, 0.2) is 30.3 Å². The van der Waals surface area contributed by atoms with E-state index in [0.29, 0.717) is 19.1 Å². The molecule has 0 spiro atoms. The molecule has 2 unspecified atom stereocenters. The minimum Gasteiger partial charge on any atom is -0.388 e. The van der Waals surface area contributed by atoms with E-state index in [4.69, 9.17) is 0 Å². The van der Waals surface area contributed by atoms with Gasteiger partial charge in [0.2, 0.25) is 0 Å². The molecule has 102 valence electrons. The van der Waals surface area contributed by atoms with Gasteiger partial charge in [-0.2, -0.15) is 0 Å². The Morgan fingerprint density at radius 2 is 1.89 bits per heavy atom. The minimum atomic E-state index is -0.686. The van der Waals surface area contributed by atoms with Crippen molar-refractivity contribution in [2.75, 3.05) is 27.2 Å². The molecular weight excluding hydrogens is 224 g/mol. The summed E-state index contributed by atoms with van der Waals surface area (Å²) in [6, 6.07) is 10.8. The fourth-order valence-electron chi connectivity index (χ4n) is 2.17. The second kappa shape index (κ2) is 6.88. The molecule has 2 atom stereocenters. The van der Waals surface area contributed by atoms with Gasteiger partial charge < -0.3 is 15.3 Å². The van der Waals surface area contributed by atoms with Crippen LogP contribution in [-0.2, 0) is 6.42 Å². The summed E-state index contributed by atoms with van der Waals surface area (Å²) in [4.78, 5) is 2.00. The van der Waals surface area contributed by atoms with Crippen molar-refractivity contribution in [3.63, 3.8) is 0 Å². The Morgan fingerprint density at radius 3 is 2.44 bits per heavy atom. The van der Waals surface area contributed by atoms with Crippen molar-refractivity contribution in [1.82, 2.24) is 10.2 Å². The van der Waals surface area contributed by atoms with Crippen molar-refractivity contribution in [3.05, 3.63) is 35.9 Å². The first kappa shape index (κ1) is 15.2. The van der Waals surface area contributed by atoms with Crippen molar-refractivity contribution in [2.24, 2.45) is 0 Å². The number of nitrogens with one attached hydrogen (secondary N) is 1. The summed E-state index contributed by atoms with van der Waals surface area (Å²) in [6.07, 6.45) is 0.985. The van der Waals surface area contributed by atoms with Crippen LogP contribution in [0.3, 0.4) is 0 Å². The van der Waals surface area contributed by atoms with Crippen LogP contribution in [0.2, 0.25) is 0 Å². The lowest BCUT2D eigenvalue weighted by Crippen LogP contribution is -2.48. The van der Waals surface area contributed by atoms with Crippen molar-refractivity contribution < 1.29 is 5.11 Å². The molecule has 0 radical (unpaired) electrons. The van der Waals surface area contributed by atoms with Crippen LogP contribution in [0.5, 0.6) is 0 Å². The Morgan fingerprint density at radius 1 is 1.28 bits per heavy atom. The molecule has 0 aromatic heterocycles. The standard InChI is InChI=1S/C15H26N2O/c1-13(10-14-8-6-5-7-9-14)16-11-15(2,18)12-17(3)4/h5-9,13,16,18H,10-12H2,1-4H3. The molecule has 18 heavy (non-hydrogen) atoms. The number of hydrogen-bond donors (Lipinski definition) is 2. The van der Waals surface area contributed by atoms with Crippen LogP contribution in [0.1, 0.15) is 19.4 Å². The Balaban J connectivity index is 2.35. The third-order valence-corrected chi connectivity index (χ3v) is 2.87. The van der Waals surface area contributed by atoms with Crippen LogP contribution < -0.4 is 5.32 Å². The number of rotatable bonds is 7. The van der Waals surface area contributed by atoms with E-state index in [9.17, 15) is 5.11 Å². The van der Waals surface area contributed by atoms with E-state index in [2.05, 4.69) is 36.5 Å². The second-order valence-electron chi connectivity index (χ2n) is 5.71. The first-order valence-corrected chi connectivity index (χ1v) is 6.53. The zero-order valence-corrected chi connectivity index (χ0v) is 12.0. The van der Waals surface area contributed by atoms with Crippen LogP contribution in [0, 0.1) is 0 Å². The molecule has 0 saturated carbocycles. The summed E-state index contributed by atoms with van der Waals surface area (Å²) in [5.41, 5.74) is 0.638. The molecule has 1 rings (SSSR count). The molecule has 0 amide bonds. The van der Waals surface area contributed by atoms with E-state index < -0.39 is 5.60 Å². The van der Waals surface area contributed by atoms with Gasteiger partial charge in [0, 0.05) is 19.1 Å². The SMILES string of the molecule is CC(Cc1ccccc1)NCC(C)(O)CN(C)C. The first-order valence-electron chi connectivity index (χ1n) is 6.53. The van der Waals surface area contributed by atoms with Gasteiger partial charge in [0.1, 0.15) is 0 Å². The number of aliphatic hydroxyl groups is 1. The quantitative estimate of drug-likeness (QED) is 0.770. The summed E-state index contributed by atoms with van der Waals surface area (Å²) < 4.78 is 0. The Kier molecular flexibility index (Phi) is 5.79. The molecule has 2 N–H and O–H groups in total. The molecule has 0 saturated heterocycles. The zero-order chi connectivity index (χ0) is 13.6. The molecule has 3 heteroatoms. The molecule has 0 aliphatic carbocycles. The summed E-state index contributed by atoms with van der Waals surface area (Å²) in [5, 5.41) is 13.6. The van der Waals surface area contributed by atoms with Crippen LogP contribution >= 0.6 is 0 Å². The maximum Gasteiger partial charge on any atom is 0.0869 e. The zero-order valence-electron chi connectivity index (χ0n) is 12.0. The number of hydrogen-bond acceptors (Lipinski definition) is 3. The van der Waals surface area contributed by atoms with Crippen LogP contribution in [0.25, 0.3) is 0 Å². The summed E-state index contributed by atoms with van der Waals surface area (Å²) in [7, 11) is 3.95. The topological polar surface area (TPSA) is 35.5 Å². The normalized spacial score (nSPS) is 16.6. The maximum absolute atomic E-state index is 10.2. The number of nitrogens with zero attached hydrogens (tertiary/aromatic N) is 1. The van der Waals surface area contributed by atoms with Gasteiger partial charge in [-0.05, 0) is 39.9 Å². The van der Waals surface area contributed by atoms with Gasteiger partial charge in [0.15, 0.2) is 0 Å². The Hall–Kier alpha value is -0.900. The first-order chi connectivity index (χ1) is 8.39. The van der Waals surface area contributed by atoms with E-state index in [1.807, 2.05) is 32.0 Å². The van der Waals surface area contributed by atoms with Gasteiger partial charge in [-0.1, -0.05) is 30.3 Å². The number of likely N-dealkylation sites (N-methyl/N-ethyl adjacent to an activating group) is 1. The molecule has 0 heterocycles. The molecule has 0 aliphatic rings. The lowest BCUT2D eigenvalue weighted by molar-refractivity contribution is 0.0318. The molecule has 0 bridgehead atoms. The van der Waals surface area contributed by atoms with E-state index in [1.165, 1.54) is 5.56 Å². The highest BCUT2D eigenvalue weighted by Crippen LogP contribution is 2.06. The van der Waals surface area contributed by atoms with Crippen LogP contribution in [-0.4, -0.2) is 48.8 Å². The average Bonchev–Trinajstić information content (AvgIpc) is 2.26. The Bertz CT molecular complexity index is 336. The van der Waals surface area contributed by atoms with Gasteiger partial charge in [0.05, 0.1) is 5.60 Å². The predicted octanol–water partition coefficient (Wildman–Crippen LogP) is 1.52. The highest BCUT2D eigenvalue weighted by molar-refractivity contribution is 5.15. The average molecular weight is 250 g/mol. The maximum atomic E-state index is 10.2. The lowest BCUT2D eigenvalue weighted by atomic mass is 10.0. The highest BCUT2D eigenvalue weighted by Gasteiger charge is 2.21. The van der Waals surface area contributed by atoms with Gasteiger partial charge in [0.25, 0.3) is 0 Å². The lowest BCUT2D eigenvalue weighted by Gasteiger charge is -2.28. The van der Waals surface area contributed by atoms with E-state index in [-0.39, 0.29) is 0 Å². The van der Waals surface area contributed by atoms with Gasteiger partial charge in [-0.3, -0.25) is 0 Å². The summed E-state index contributed by atoms with van der Waals surface area (Å²) >= 11 is 0. The molecule has 3 nitrogen and oxygen atoms in total. The van der Waals surface area contributed by atoms with E-state index in [0.717, 1.165) is 6.42 Å². The van der Waals surface area contributed by atoms with Crippen LogP contribution in [0.4, 0.5) is 0 Å². The van der Waals surface area contributed by atoms with E-state index >= 15 is 0 Å². The van der Waals surface area contributed by atoms with Gasteiger partial charge >= 0.3 is 0 Å². The fraction of sp³-hybridized carbons (Fsp3) is 0.600. The summed E-state index contributed by atoms with van der Waals surface area (Å²) in [5.74, 6) is 0. The third kappa shape index (κ3) is 6.15. The van der Waals surface area contributed by atoms with Crippen molar-refractivity contribution in [3.8, 4) is 0 Å². The van der Waals surface area contributed by atoms with Gasteiger partial charge in [-0.15, -0.1) is 0 Å². The molecule has 0 fully saturated rings. The number of benzene rings is 1. The minimum absolute atomic E-state index is 0.362. The molecule has 0 aliphatic heterocycles. The van der Waals surface area contributed by atoms with E-state index in [1.54, 1.807) is 0 Å². The van der Waals surface area contributed by atoms with Gasteiger partial charge in [-0.25, -0.2) is 0 Å². The second-order valence-corrected chi connectivity index (χ2v) is 5.71. The fourth-order valence-corrected chi connectivity index (χ4v) is 2.17. The molecule has 1 aromatic rings. The molecule has 1 aromatic carbocycles. The predicted molar refractivity (Wildman–Crippen MR) is 76.8 cm³/mol. The highest BCUT2D eigenvalue weighted by atomic mass is 16.3. The molecular formula is C15H26N2O. The third-order valence-electron chi connectivity index (χ3n) is 2.87. The Labute approximate surface area is 111 Å². The van der Waals surface area contributed by atoms with Crippen molar-refractivity contribution >= 4 is 0 Å². The van der Waals surface area contributed by atoms with Crippen molar-refractivity contribution in [1.29, 1.82) is 0 Å². The summed E-state index contributed by atoms with van der Waals surface area (Å²) in [6.45, 7) is 5.30. The van der Waals surface area contributed by atoms with Crippen molar-refractivity contribution in [2.45, 2.75) is 31.9 Å². The largest absolute Gasteiger partial charge is 0.388 e. The monoisotopic (exact) mass is 250 g/mol. The smallest absolute Gasteiger partial charge is 0.0869 e.